The van der Waals surface area contributed by atoms with Crippen molar-refractivity contribution in [3.8, 4) is 0 Å². The average molecular weight is 252 g/mol. The molecule has 0 bridgehead atoms. The van der Waals surface area contributed by atoms with E-state index in [4.69, 9.17) is 10.5 Å². The Labute approximate surface area is 109 Å². The highest BCUT2D eigenvalue weighted by atomic mass is 16.5. The Kier molecular flexibility index (Phi) is 4.11. The molecule has 5 nitrogen and oxygen atoms in total. The Morgan fingerprint density at radius 1 is 1.39 bits per heavy atom. The smallest absolute Gasteiger partial charge is 0.150 e. The molecule has 1 saturated heterocycles. The highest BCUT2D eigenvalue weighted by molar-refractivity contribution is 5.66. The van der Waals surface area contributed by atoms with Crippen LogP contribution in [0.3, 0.4) is 0 Å². The van der Waals surface area contributed by atoms with Gasteiger partial charge in [0.1, 0.15) is 0 Å². The topological polar surface area (TPSA) is 56.3 Å². The van der Waals surface area contributed by atoms with Crippen molar-refractivity contribution in [2.24, 2.45) is 0 Å². The quantitative estimate of drug-likeness (QED) is 0.887. The van der Waals surface area contributed by atoms with Crippen molar-refractivity contribution >= 4 is 11.5 Å². The molecule has 5 heteroatoms. The van der Waals surface area contributed by atoms with Gasteiger partial charge in [0.25, 0.3) is 0 Å². The van der Waals surface area contributed by atoms with Crippen LogP contribution in [0.1, 0.15) is 31.9 Å². The summed E-state index contributed by atoms with van der Waals surface area (Å²) in [6.45, 7) is 7.06. The van der Waals surface area contributed by atoms with Crippen LogP contribution in [0, 0.1) is 6.92 Å². The highest BCUT2D eigenvalue weighted by Gasteiger charge is 2.24. The predicted molar refractivity (Wildman–Crippen MR) is 73.9 cm³/mol. The number of ether oxygens (including phenoxy) is 1. The monoisotopic (exact) mass is 252 g/mol. The summed E-state index contributed by atoms with van der Waals surface area (Å²) in [6.07, 6.45) is 3.59. The van der Waals surface area contributed by atoms with Crippen LogP contribution in [0.2, 0.25) is 0 Å². The number of methoxy groups -OCH3 is 1. The Morgan fingerprint density at radius 3 is 2.61 bits per heavy atom. The van der Waals surface area contributed by atoms with Gasteiger partial charge in [0, 0.05) is 26.7 Å². The second kappa shape index (κ2) is 5.61. The van der Waals surface area contributed by atoms with Crippen LogP contribution in [0.15, 0.2) is 0 Å². The van der Waals surface area contributed by atoms with E-state index in [0.29, 0.717) is 6.10 Å². The number of rotatable bonds is 4. The summed E-state index contributed by atoms with van der Waals surface area (Å²) in [5.74, 6) is 1.10. The number of hydrogen-bond donors (Lipinski definition) is 1. The Morgan fingerprint density at radius 2 is 2.06 bits per heavy atom. The number of aryl methyl sites for hydroxylation is 2. The predicted octanol–water partition coefficient (Wildman–Crippen LogP) is 1.80. The van der Waals surface area contributed by atoms with Gasteiger partial charge >= 0.3 is 0 Å². The fourth-order valence-corrected chi connectivity index (χ4v) is 2.59. The molecule has 2 heterocycles. The number of nitrogens with two attached hydrogens (primary N) is 1. The zero-order valence-corrected chi connectivity index (χ0v) is 11.6. The van der Waals surface area contributed by atoms with E-state index in [2.05, 4.69) is 21.6 Å². The van der Waals surface area contributed by atoms with Gasteiger partial charge in [-0.3, -0.25) is 0 Å². The molecule has 1 aromatic heterocycles. The molecule has 0 unspecified atom stereocenters. The maximum absolute atomic E-state index is 6.18. The van der Waals surface area contributed by atoms with Gasteiger partial charge in [-0.15, -0.1) is 0 Å². The normalized spacial score (nSPS) is 17.4. The summed E-state index contributed by atoms with van der Waals surface area (Å²) >= 11 is 0. The van der Waals surface area contributed by atoms with Gasteiger partial charge in [0.05, 0.1) is 17.5 Å². The maximum Gasteiger partial charge on any atom is 0.150 e. The van der Waals surface area contributed by atoms with Gasteiger partial charge in [-0.05, 0) is 26.2 Å². The third kappa shape index (κ3) is 2.46. The zero-order valence-electron chi connectivity index (χ0n) is 11.6. The molecule has 2 N–H and O–H groups in total. The van der Waals surface area contributed by atoms with E-state index in [1.807, 2.05) is 6.92 Å². The molecule has 1 aromatic rings. The first-order valence-corrected chi connectivity index (χ1v) is 6.78. The zero-order chi connectivity index (χ0) is 13.1. The van der Waals surface area contributed by atoms with Crippen LogP contribution in [0.4, 0.5) is 11.5 Å². The van der Waals surface area contributed by atoms with Gasteiger partial charge < -0.3 is 15.4 Å². The summed E-state index contributed by atoms with van der Waals surface area (Å²) in [5, 5.41) is 4.53. The van der Waals surface area contributed by atoms with Crippen molar-refractivity contribution in [2.75, 3.05) is 30.8 Å². The van der Waals surface area contributed by atoms with Crippen LogP contribution in [-0.4, -0.2) is 36.1 Å². The molecule has 18 heavy (non-hydrogen) atoms. The van der Waals surface area contributed by atoms with E-state index >= 15 is 0 Å². The van der Waals surface area contributed by atoms with Gasteiger partial charge in [0.2, 0.25) is 0 Å². The van der Waals surface area contributed by atoms with E-state index in [-0.39, 0.29) is 0 Å². The fourth-order valence-electron chi connectivity index (χ4n) is 2.59. The summed E-state index contributed by atoms with van der Waals surface area (Å²) < 4.78 is 7.46. The molecule has 0 saturated carbocycles. The minimum Gasteiger partial charge on any atom is -0.394 e. The summed E-state index contributed by atoms with van der Waals surface area (Å²) in [4.78, 5) is 2.35. The Hall–Kier alpha value is -1.23. The number of anilines is 2. The molecule has 1 fully saturated rings. The molecule has 0 spiro atoms. The SMILES string of the molecule is CCCn1nc(C)c(N)c1N1CCC(OC)CC1. The Balaban J connectivity index is 2.17. The third-order valence-corrected chi connectivity index (χ3v) is 3.66. The van der Waals surface area contributed by atoms with Crippen molar-refractivity contribution in [3.05, 3.63) is 5.69 Å². The molecular weight excluding hydrogens is 228 g/mol. The first-order chi connectivity index (χ1) is 8.67. The first-order valence-electron chi connectivity index (χ1n) is 6.78. The largest absolute Gasteiger partial charge is 0.394 e. The molecule has 0 amide bonds. The molecule has 0 atom stereocenters. The number of aromatic nitrogens is 2. The minimum absolute atomic E-state index is 0.395. The Bertz CT molecular complexity index is 394. The van der Waals surface area contributed by atoms with E-state index in [1.165, 1.54) is 0 Å². The van der Waals surface area contributed by atoms with E-state index < -0.39 is 0 Å². The molecular formula is C13H24N4O. The molecule has 2 rings (SSSR count). The van der Waals surface area contributed by atoms with Crippen molar-refractivity contribution in [1.29, 1.82) is 0 Å². The lowest BCUT2D eigenvalue weighted by atomic mass is 10.1. The fraction of sp³-hybridized carbons (Fsp3) is 0.769. The van der Waals surface area contributed by atoms with Crippen LogP contribution in [-0.2, 0) is 11.3 Å². The molecule has 1 aliphatic rings. The van der Waals surface area contributed by atoms with Gasteiger partial charge in [-0.25, -0.2) is 4.68 Å². The lowest BCUT2D eigenvalue weighted by Crippen LogP contribution is -2.38. The minimum atomic E-state index is 0.395. The second-order valence-electron chi connectivity index (χ2n) is 4.97. The summed E-state index contributed by atoms with van der Waals surface area (Å²) in [6, 6.07) is 0. The van der Waals surface area contributed by atoms with Gasteiger partial charge in [-0.1, -0.05) is 6.92 Å². The van der Waals surface area contributed by atoms with Crippen LogP contribution >= 0.6 is 0 Å². The van der Waals surface area contributed by atoms with Gasteiger partial charge in [0.15, 0.2) is 5.82 Å². The number of nitrogen functional groups attached to an aromatic ring is 1. The second-order valence-corrected chi connectivity index (χ2v) is 4.97. The van der Waals surface area contributed by atoms with Crippen LogP contribution in [0.25, 0.3) is 0 Å². The van der Waals surface area contributed by atoms with E-state index in [1.54, 1.807) is 7.11 Å². The highest BCUT2D eigenvalue weighted by Crippen LogP contribution is 2.29. The van der Waals surface area contributed by atoms with Crippen molar-refractivity contribution in [2.45, 2.75) is 45.8 Å². The van der Waals surface area contributed by atoms with Crippen molar-refractivity contribution in [1.82, 2.24) is 9.78 Å². The molecule has 102 valence electrons. The van der Waals surface area contributed by atoms with Crippen molar-refractivity contribution in [3.63, 3.8) is 0 Å². The van der Waals surface area contributed by atoms with E-state index in [0.717, 1.165) is 56.1 Å². The van der Waals surface area contributed by atoms with Gasteiger partial charge in [-0.2, -0.15) is 5.10 Å². The van der Waals surface area contributed by atoms with Crippen molar-refractivity contribution < 1.29 is 4.74 Å². The molecule has 0 aromatic carbocycles. The van der Waals surface area contributed by atoms with E-state index in [9.17, 15) is 0 Å². The number of hydrogen-bond acceptors (Lipinski definition) is 4. The molecule has 0 aliphatic carbocycles. The first kappa shape index (κ1) is 13.2. The maximum atomic E-state index is 6.18. The standard InChI is InChI=1S/C13H24N4O/c1-4-7-17-13(12(14)10(2)15-17)16-8-5-11(18-3)6-9-16/h11H,4-9,14H2,1-3H3. The number of nitrogens with zero attached hydrogens (tertiary/aromatic N) is 3. The molecule has 1 aliphatic heterocycles. The average Bonchev–Trinajstić information content (AvgIpc) is 2.66. The van der Waals surface area contributed by atoms with Crippen LogP contribution < -0.4 is 10.6 Å². The lowest BCUT2D eigenvalue weighted by Gasteiger charge is -2.33. The molecule has 0 radical (unpaired) electrons. The summed E-state index contributed by atoms with van der Waals surface area (Å²) in [7, 11) is 1.79. The van der Waals surface area contributed by atoms with Crippen LogP contribution in [0.5, 0.6) is 0 Å². The summed E-state index contributed by atoms with van der Waals surface area (Å²) in [5.41, 5.74) is 7.95. The lowest BCUT2D eigenvalue weighted by molar-refractivity contribution is 0.0816. The third-order valence-electron chi connectivity index (χ3n) is 3.66. The number of piperidine rings is 1.